The second-order valence-electron chi connectivity index (χ2n) is 4.90. The fourth-order valence-electron chi connectivity index (χ4n) is 2.03. The van der Waals surface area contributed by atoms with E-state index in [4.69, 9.17) is 16.7 Å². The van der Waals surface area contributed by atoms with Crippen LogP contribution < -0.4 is 5.32 Å². The highest BCUT2D eigenvalue weighted by Gasteiger charge is 2.15. The Morgan fingerprint density at radius 2 is 1.83 bits per heavy atom. The van der Waals surface area contributed by atoms with E-state index in [0.29, 0.717) is 13.0 Å². The molecule has 0 fully saturated rings. The van der Waals surface area contributed by atoms with Gasteiger partial charge in [0, 0.05) is 18.7 Å². The molecule has 1 amide bonds. The number of aliphatic hydroxyl groups is 1. The van der Waals surface area contributed by atoms with E-state index in [1.54, 1.807) is 0 Å². The van der Waals surface area contributed by atoms with E-state index in [-0.39, 0.29) is 22.9 Å². The van der Waals surface area contributed by atoms with Gasteiger partial charge in [-0.15, -0.1) is 0 Å². The van der Waals surface area contributed by atoms with Gasteiger partial charge in [0.1, 0.15) is 0 Å². The van der Waals surface area contributed by atoms with Crippen LogP contribution in [0, 0.1) is 10.1 Å². The number of aliphatic hydroxyl groups excluding tert-OH is 1. The third-order valence-electron chi connectivity index (χ3n) is 3.31. The molecule has 0 atom stereocenters. The molecule has 0 saturated heterocycles. The zero-order valence-corrected chi connectivity index (χ0v) is 12.9. The summed E-state index contributed by atoms with van der Waals surface area (Å²) in [5.41, 5.74) is 1.73. The zero-order chi connectivity index (χ0) is 16.8. The van der Waals surface area contributed by atoms with Gasteiger partial charge >= 0.3 is 0 Å². The van der Waals surface area contributed by atoms with Crippen LogP contribution in [0.4, 0.5) is 5.69 Å². The van der Waals surface area contributed by atoms with Crippen LogP contribution in [-0.2, 0) is 13.0 Å². The Morgan fingerprint density at radius 1 is 1.17 bits per heavy atom. The first-order valence-corrected chi connectivity index (χ1v) is 7.30. The molecular weight excluding hydrogens is 320 g/mol. The molecule has 0 heterocycles. The Kier molecular flexibility index (Phi) is 5.67. The third kappa shape index (κ3) is 4.51. The van der Waals surface area contributed by atoms with Crippen LogP contribution in [0.5, 0.6) is 0 Å². The van der Waals surface area contributed by atoms with Crippen molar-refractivity contribution in [2.75, 3.05) is 6.54 Å². The Balaban J connectivity index is 1.96. The van der Waals surface area contributed by atoms with E-state index < -0.39 is 10.8 Å². The number of carbonyl (C=O) groups is 1. The number of nitro groups is 1. The largest absolute Gasteiger partial charge is 0.392 e. The molecular formula is C16H15ClN2O4. The van der Waals surface area contributed by atoms with Crippen LogP contribution in [0.2, 0.25) is 5.02 Å². The molecule has 0 unspecified atom stereocenters. The molecule has 120 valence electrons. The molecule has 0 aliphatic rings. The number of hydrogen-bond donors (Lipinski definition) is 2. The van der Waals surface area contributed by atoms with Crippen molar-refractivity contribution in [3.63, 3.8) is 0 Å². The number of nitrogens with zero attached hydrogens (tertiary/aromatic N) is 1. The first-order chi connectivity index (χ1) is 11.0. The van der Waals surface area contributed by atoms with Crippen LogP contribution in [-0.4, -0.2) is 22.5 Å². The molecule has 2 aromatic rings. The van der Waals surface area contributed by atoms with Crippen molar-refractivity contribution in [2.45, 2.75) is 13.0 Å². The van der Waals surface area contributed by atoms with Crippen LogP contribution in [0.15, 0.2) is 42.5 Å². The second kappa shape index (κ2) is 7.71. The zero-order valence-electron chi connectivity index (χ0n) is 12.2. The predicted octanol–water partition coefficient (Wildman–Crippen LogP) is 2.71. The van der Waals surface area contributed by atoms with Crippen molar-refractivity contribution < 1.29 is 14.8 Å². The molecule has 0 radical (unpaired) electrons. The summed E-state index contributed by atoms with van der Waals surface area (Å²) in [7, 11) is 0. The molecule has 2 N–H and O–H groups in total. The molecule has 7 heteroatoms. The average Bonchev–Trinajstić information content (AvgIpc) is 2.55. The molecule has 2 aromatic carbocycles. The highest BCUT2D eigenvalue weighted by molar-refractivity contribution is 6.33. The Bertz CT molecular complexity index is 717. The van der Waals surface area contributed by atoms with Crippen molar-refractivity contribution in [2.24, 2.45) is 0 Å². The Labute approximate surface area is 137 Å². The van der Waals surface area contributed by atoms with Crippen LogP contribution in [0.3, 0.4) is 0 Å². The number of nitrogens with one attached hydrogen (secondary N) is 1. The highest BCUT2D eigenvalue weighted by atomic mass is 35.5. The van der Waals surface area contributed by atoms with Gasteiger partial charge < -0.3 is 10.4 Å². The lowest BCUT2D eigenvalue weighted by Crippen LogP contribution is -2.26. The van der Waals surface area contributed by atoms with Crippen molar-refractivity contribution in [3.8, 4) is 0 Å². The van der Waals surface area contributed by atoms with E-state index >= 15 is 0 Å². The first-order valence-electron chi connectivity index (χ1n) is 6.92. The van der Waals surface area contributed by atoms with Crippen LogP contribution in [0.1, 0.15) is 21.5 Å². The minimum Gasteiger partial charge on any atom is -0.392 e. The third-order valence-corrected chi connectivity index (χ3v) is 3.64. The van der Waals surface area contributed by atoms with Gasteiger partial charge in [0.25, 0.3) is 11.6 Å². The molecule has 0 aliphatic heterocycles. The van der Waals surface area contributed by atoms with Gasteiger partial charge in [0.15, 0.2) is 0 Å². The lowest BCUT2D eigenvalue weighted by molar-refractivity contribution is -0.384. The maximum atomic E-state index is 12.1. The van der Waals surface area contributed by atoms with Crippen LogP contribution >= 0.6 is 11.6 Å². The van der Waals surface area contributed by atoms with Gasteiger partial charge in [-0.05, 0) is 23.6 Å². The number of halogens is 1. The summed E-state index contributed by atoms with van der Waals surface area (Å²) in [6, 6.07) is 11.1. The topological polar surface area (TPSA) is 92.5 Å². The van der Waals surface area contributed by atoms with E-state index in [2.05, 4.69) is 5.32 Å². The molecule has 23 heavy (non-hydrogen) atoms. The summed E-state index contributed by atoms with van der Waals surface area (Å²) in [5.74, 6) is -0.453. The summed E-state index contributed by atoms with van der Waals surface area (Å²) in [6.45, 7) is 0.360. The van der Waals surface area contributed by atoms with Crippen molar-refractivity contribution in [1.82, 2.24) is 5.32 Å². The summed E-state index contributed by atoms with van der Waals surface area (Å²) >= 11 is 5.92. The minimum atomic E-state index is -0.574. The molecule has 6 nitrogen and oxygen atoms in total. The summed E-state index contributed by atoms with van der Waals surface area (Å²) in [6.07, 6.45) is 0.601. The second-order valence-corrected chi connectivity index (χ2v) is 5.31. The number of hydrogen-bond acceptors (Lipinski definition) is 4. The van der Waals surface area contributed by atoms with Gasteiger partial charge in [0.05, 0.1) is 22.1 Å². The SMILES string of the molecule is O=C(NCCc1ccc(CO)cc1)c1cc([N+](=O)[O-])ccc1Cl. The number of non-ortho nitro benzene ring substituents is 1. The van der Waals surface area contributed by atoms with E-state index in [0.717, 1.165) is 17.2 Å². The quantitative estimate of drug-likeness (QED) is 0.627. The smallest absolute Gasteiger partial charge is 0.270 e. The summed E-state index contributed by atoms with van der Waals surface area (Å²) in [5, 5.41) is 22.6. The molecule has 0 spiro atoms. The molecule has 0 aromatic heterocycles. The van der Waals surface area contributed by atoms with Crippen molar-refractivity contribution in [1.29, 1.82) is 0 Å². The highest BCUT2D eigenvalue weighted by Crippen LogP contribution is 2.21. The fourth-order valence-corrected chi connectivity index (χ4v) is 2.23. The summed E-state index contributed by atoms with van der Waals surface area (Å²) < 4.78 is 0. The van der Waals surface area contributed by atoms with Crippen LogP contribution in [0.25, 0.3) is 0 Å². The van der Waals surface area contributed by atoms with E-state index in [9.17, 15) is 14.9 Å². The fraction of sp³-hybridized carbons (Fsp3) is 0.188. The predicted molar refractivity (Wildman–Crippen MR) is 86.5 cm³/mol. The summed E-state index contributed by atoms with van der Waals surface area (Å²) in [4.78, 5) is 22.3. The number of carbonyl (C=O) groups excluding carboxylic acids is 1. The molecule has 0 aliphatic carbocycles. The first kappa shape index (κ1) is 16.9. The van der Waals surface area contributed by atoms with E-state index in [1.165, 1.54) is 12.1 Å². The Morgan fingerprint density at radius 3 is 2.43 bits per heavy atom. The van der Waals surface area contributed by atoms with Crippen molar-refractivity contribution >= 4 is 23.2 Å². The maximum Gasteiger partial charge on any atom is 0.270 e. The lowest BCUT2D eigenvalue weighted by atomic mass is 10.1. The minimum absolute atomic E-state index is 0.0116. The van der Waals surface area contributed by atoms with Crippen molar-refractivity contribution in [3.05, 3.63) is 74.3 Å². The Hall–Kier alpha value is -2.44. The van der Waals surface area contributed by atoms with Gasteiger partial charge in [-0.3, -0.25) is 14.9 Å². The lowest BCUT2D eigenvalue weighted by Gasteiger charge is -2.07. The van der Waals surface area contributed by atoms with Gasteiger partial charge in [0.2, 0.25) is 0 Å². The monoisotopic (exact) mass is 334 g/mol. The number of benzene rings is 2. The standard InChI is InChI=1S/C16H15ClN2O4/c17-15-6-5-13(19(22)23)9-14(15)16(21)18-8-7-11-1-3-12(10-20)4-2-11/h1-6,9,20H,7-8,10H2,(H,18,21). The number of nitro benzene ring substituents is 1. The number of amides is 1. The molecule has 0 saturated carbocycles. The molecule has 2 rings (SSSR count). The number of rotatable bonds is 6. The van der Waals surface area contributed by atoms with E-state index in [1.807, 2.05) is 24.3 Å². The van der Waals surface area contributed by atoms with Gasteiger partial charge in [-0.25, -0.2) is 0 Å². The van der Waals surface area contributed by atoms with Gasteiger partial charge in [-0.2, -0.15) is 0 Å². The van der Waals surface area contributed by atoms with Gasteiger partial charge in [-0.1, -0.05) is 35.9 Å². The molecule has 0 bridgehead atoms. The maximum absolute atomic E-state index is 12.1. The normalized spacial score (nSPS) is 10.3. The average molecular weight is 335 g/mol.